The van der Waals surface area contributed by atoms with E-state index in [0.717, 1.165) is 74.0 Å². The van der Waals surface area contributed by atoms with Crippen molar-refractivity contribution in [2.24, 2.45) is 34.5 Å². The van der Waals surface area contributed by atoms with Gasteiger partial charge in [0.25, 0.3) is 20.2 Å². The first-order valence-corrected chi connectivity index (χ1v) is 25.4. The van der Waals surface area contributed by atoms with Gasteiger partial charge in [0.05, 0.1) is 49.4 Å². The number of methoxy groups -OCH3 is 2. The summed E-state index contributed by atoms with van der Waals surface area (Å²) in [5.41, 5.74) is 6.67. The van der Waals surface area contributed by atoms with E-state index in [1.165, 1.54) is 22.3 Å². The molecule has 0 spiro atoms. The molecule has 4 aliphatic carbocycles. The van der Waals surface area contributed by atoms with Gasteiger partial charge in [-0.1, -0.05) is 61.4 Å². The first-order chi connectivity index (χ1) is 30.5. The van der Waals surface area contributed by atoms with Crippen LogP contribution in [-0.2, 0) is 41.4 Å². The molecule has 4 aliphatic rings. The van der Waals surface area contributed by atoms with E-state index in [4.69, 9.17) is 17.8 Å². The van der Waals surface area contributed by atoms with Crippen LogP contribution in [0.15, 0.2) is 94.7 Å². The number of aryl methyl sites for hydroxylation is 4. The van der Waals surface area contributed by atoms with Crippen LogP contribution in [0.25, 0.3) is 0 Å². The molecular formula is C52H62N2O8S2. The van der Waals surface area contributed by atoms with Crippen molar-refractivity contribution in [2.75, 3.05) is 27.4 Å². The summed E-state index contributed by atoms with van der Waals surface area (Å²) >= 11 is 0. The molecule has 0 heterocycles. The highest BCUT2D eigenvalue weighted by Crippen LogP contribution is 2.58. The second kappa shape index (κ2) is 19.4. The Morgan fingerprint density at radius 3 is 1.30 bits per heavy atom. The largest absolute Gasteiger partial charge is 0.497 e. The molecule has 8 atom stereocenters. The zero-order chi connectivity index (χ0) is 45.9. The van der Waals surface area contributed by atoms with Gasteiger partial charge >= 0.3 is 0 Å². The predicted molar refractivity (Wildman–Crippen MR) is 246 cm³/mol. The molecule has 0 radical (unpaired) electrons. The summed E-state index contributed by atoms with van der Waals surface area (Å²) in [5, 5.41) is 19.2. The molecule has 2 fully saturated rings. The quantitative estimate of drug-likeness (QED) is 0.126. The number of nitriles is 2. The molecule has 0 aromatic heterocycles. The van der Waals surface area contributed by atoms with E-state index in [9.17, 15) is 27.4 Å². The number of benzene rings is 4. The van der Waals surface area contributed by atoms with Crippen molar-refractivity contribution in [2.45, 2.75) is 114 Å². The molecule has 0 aliphatic heterocycles. The van der Waals surface area contributed by atoms with Crippen LogP contribution in [0.5, 0.6) is 11.5 Å². The molecule has 0 amide bonds. The maximum atomic E-state index is 12.8. The molecule has 0 saturated heterocycles. The minimum absolute atomic E-state index is 0.0923. The van der Waals surface area contributed by atoms with Gasteiger partial charge in [0.2, 0.25) is 0 Å². The second-order valence-corrected chi connectivity index (χ2v) is 22.4. The minimum Gasteiger partial charge on any atom is -0.497 e. The molecular weight excluding hydrogens is 845 g/mol. The van der Waals surface area contributed by atoms with Crippen LogP contribution in [0.1, 0.15) is 110 Å². The molecule has 0 N–H and O–H groups in total. The van der Waals surface area contributed by atoms with Crippen molar-refractivity contribution in [3.63, 3.8) is 0 Å². The molecule has 10 nitrogen and oxygen atoms in total. The zero-order valence-electron chi connectivity index (χ0n) is 38.0. The van der Waals surface area contributed by atoms with Gasteiger partial charge in [-0.15, -0.1) is 0 Å². The number of hydrogen-bond donors (Lipinski definition) is 0. The Balaban J connectivity index is 0.000000191. The number of ether oxygens (including phenoxy) is 2. The van der Waals surface area contributed by atoms with E-state index in [1.807, 2.05) is 26.0 Å². The van der Waals surface area contributed by atoms with E-state index in [2.05, 4.69) is 50.3 Å². The summed E-state index contributed by atoms with van der Waals surface area (Å²) in [4.78, 5) is 0.357. The van der Waals surface area contributed by atoms with Gasteiger partial charge in [-0.3, -0.25) is 8.37 Å². The van der Waals surface area contributed by atoms with E-state index in [-0.39, 0.29) is 45.7 Å². The van der Waals surface area contributed by atoms with Gasteiger partial charge in [0.15, 0.2) is 0 Å². The number of nitrogens with zero attached hydrogens (tertiary/aromatic N) is 2. The van der Waals surface area contributed by atoms with Crippen molar-refractivity contribution in [3.05, 3.63) is 118 Å². The third kappa shape index (κ3) is 9.91. The highest BCUT2D eigenvalue weighted by molar-refractivity contribution is 7.87. The summed E-state index contributed by atoms with van der Waals surface area (Å²) in [6, 6.07) is 30.9. The lowest BCUT2D eigenvalue weighted by Crippen LogP contribution is -2.45. The monoisotopic (exact) mass is 906 g/mol. The van der Waals surface area contributed by atoms with Crippen molar-refractivity contribution in [1.82, 2.24) is 0 Å². The smallest absolute Gasteiger partial charge is 0.296 e. The average Bonchev–Trinajstić information content (AvgIpc) is 3.29. The van der Waals surface area contributed by atoms with Crippen LogP contribution >= 0.6 is 0 Å². The lowest BCUT2D eigenvalue weighted by molar-refractivity contribution is -0.000787. The van der Waals surface area contributed by atoms with Crippen LogP contribution in [0, 0.1) is 71.0 Å². The normalized spacial score (nSPS) is 27.1. The van der Waals surface area contributed by atoms with Gasteiger partial charge in [0.1, 0.15) is 11.5 Å². The topological polar surface area (TPSA) is 153 Å². The molecule has 12 heteroatoms. The first kappa shape index (κ1) is 47.2. The van der Waals surface area contributed by atoms with Gasteiger partial charge in [0, 0.05) is 12.8 Å². The summed E-state index contributed by atoms with van der Waals surface area (Å²) in [6.07, 6.45) is 8.32. The molecule has 4 aromatic rings. The maximum Gasteiger partial charge on any atom is 0.296 e. The Morgan fingerprint density at radius 2 is 0.953 bits per heavy atom. The third-order valence-electron chi connectivity index (χ3n) is 15.2. The Labute approximate surface area is 381 Å². The minimum atomic E-state index is -3.84. The van der Waals surface area contributed by atoms with Crippen LogP contribution in [0.2, 0.25) is 0 Å². The summed E-state index contributed by atoms with van der Waals surface area (Å²) in [6.45, 7) is 8.24. The first-order valence-electron chi connectivity index (χ1n) is 22.5. The molecule has 340 valence electrons. The summed E-state index contributed by atoms with van der Waals surface area (Å²) in [5.74, 6) is 3.43. The fourth-order valence-electron chi connectivity index (χ4n) is 11.5. The van der Waals surface area contributed by atoms with E-state index in [0.29, 0.717) is 36.5 Å². The average molecular weight is 907 g/mol. The Bertz CT molecular complexity index is 2420. The zero-order valence-corrected chi connectivity index (χ0v) is 39.6. The lowest BCUT2D eigenvalue weighted by Gasteiger charge is -2.51. The van der Waals surface area contributed by atoms with Crippen LogP contribution < -0.4 is 9.47 Å². The Morgan fingerprint density at radius 1 is 0.578 bits per heavy atom. The van der Waals surface area contributed by atoms with Gasteiger partial charge in [-0.05, 0) is 182 Å². The van der Waals surface area contributed by atoms with E-state index >= 15 is 0 Å². The number of hydrogen-bond acceptors (Lipinski definition) is 10. The van der Waals surface area contributed by atoms with Crippen molar-refractivity contribution >= 4 is 20.2 Å². The van der Waals surface area contributed by atoms with E-state index in [1.54, 1.807) is 62.8 Å². The Kier molecular flexibility index (Phi) is 14.3. The molecule has 2 saturated carbocycles. The van der Waals surface area contributed by atoms with Crippen molar-refractivity contribution in [3.8, 4) is 23.6 Å². The van der Waals surface area contributed by atoms with Gasteiger partial charge in [-0.2, -0.15) is 27.4 Å². The van der Waals surface area contributed by atoms with E-state index < -0.39 is 20.2 Å². The highest BCUT2D eigenvalue weighted by atomic mass is 32.2. The summed E-state index contributed by atoms with van der Waals surface area (Å²) < 4.78 is 73.2. The molecule has 8 rings (SSSR count). The van der Waals surface area contributed by atoms with Crippen LogP contribution in [0.4, 0.5) is 0 Å². The second-order valence-electron chi connectivity index (χ2n) is 19.1. The highest BCUT2D eigenvalue weighted by Gasteiger charge is 2.50. The molecule has 0 unspecified atom stereocenters. The van der Waals surface area contributed by atoms with Crippen LogP contribution in [-0.4, -0.2) is 44.3 Å². The fraction of sp³-hybridized carbons (Fsp3) is 0.500. The SMILES string of the molecule is COc1ccc2c(c1)CC[C@@H]1[C@@H](CC#N)[C@](C)(COS(=O)(=O)c3ccc(C)cc3)CC[C@@H]21.COc1ccc2c(c1)CC[C@@H]1[C@@H](CC#N)[C@](C)(COS(=O)(=O)c3ccc(C)cc3)CC[C@@H]21. The molecule has 0 bridgehead atoms. The number of rotatable bonds is 12. The van der Waals surface area contributed by atoms with Gasteiger partial charge < -0.3 is 9.47 Å². The fourth-order valence-corrected chi connectivity index (χ4v) is 13.5. The van der Waals surface area contributed by atoms with Crippen LogP contribution in [0.3, 0.4) is 0 Å². The Hall–Kier alpha value is -4.72. The molecule has 64 heavy (non-hydrogen) atoms. The van der Waals surface area contributed by atoms with Crippen molar-refractivity contribution < 1.29 is 34.7 Å². The van der Waals surface area contributed by atoms with Crippen molar-refractivity contribution in [1.29, 1.82) is 10.5 Å². The maximum absolute atomic E-state index is 12.8. The summed E-state index contributed by atoms with van der Waals surface area (Å²) in [7, 11) is -4.30. The predicted octanol–water partition coefficient (Wildman–Crippen LogP) is 10.8. The number of fused-ring (bicyclic) bond motifs is 6. The third-order valence-corrected chi connectivity index (χ3v) is 17.8. The molecule has 4 aromatic carbocycles. The lowest BCUT2D eigenvalue weighted by atomic mass is 9.54. The van der Waals surface area contributed by atoms with Gasteiger partial charge in [-0.25, -0.2) is 0 Å². The standard InChI is InChI=1S/2C26H31NO4S/c2*1-18-4-8-21(9-5-18)32(28,29)31-17-26(2)14-12-23-22-11-7-20(30-3)16-19(22)6-10-24(23)25(26)13-15-27/h2*4-5,7-9,11,16,23-25H,6,10,12-14,17H2,1-3H3/t2*23-,24-,25+,26-/m00/s1.